The first-order valence-corrected chi connectivity index (χ1v) is 6.00. The van der Waals surface area contributed by atoms with Crippen LogP contribution in [0.2, 0.25) is 0 Å². The monoisotopic (exact) mass is 283 g/mol. The maximum atomic E-state index is 11.4. The number of aliphatic carboxylic acids is 1. The first-order valence-electron chi connectivity index (χ1n) is 5.21. The highest BCUT2D eigenvalue weighted by atomic mass is 79.9. The molecule has 3 N–H and O–H groups in total. The zero-order valence-electron chi connectivity index (χ0n) is 9.03. The van der Waals surface area contributed by atoms with E-state index in [0.29, 0.717) is 12.8 Å². The Morgan fingerprint density at radius 3 is 2.62 bits per heavy atom. The van der Waals surface area contributed by atoms with Crippen LogP contribution in [0.1, 0.15) is 24.0 Å². The summed E-state index contributed by atoms with van der Waals surface area (Å²) in [6, 6.07) is 5.72. The van der Waals surface area contributed by atoms with Gasteiger partial charge in [-0.1, -0.05) is 28.1 Å². The van der Waals surface area contributed by atoms with Crippen molar-refractivity contribution in [1.29, 1.82) is 0 Å². The van der Waals surface area contributed by atoms with Crippen LogP contribution in [0.5, 0.6) is 0 Å². The number of carboxylic acids is 1. The minimum absolute atomic E-state index is 0.0139. The third kappa shape index (κ3) is 1.66. The maximum Gasteiger partial charge on any atom is 0.314 e. The molecule has 1 aromatic carbocycles. The van der Waals surface area contributed by atoms with Gasteiger partial charge in [-0.3, -0.25) is 4.79 Å². The molecule has 86 valence electrons. The van der Waals surface area contributed by atoms with E-state index in [-0.39, 0.29) is 6.04 Å². The quantitative estimate of drug-likeness (QED) is 0.875. The van der Waals surface area contributed by atoms with Gasteiger partial charge < -0.3 is 10.8 Å². The lowest BCUT2D eigenvalue weighted by Crippen LogP contribution is -2.54. The summed E-state index contributed by atoms with van der Waals surface area (Å²) >= 11 is 3.41. The second-order valence-corrected chi connectivity index (χ2v) is 5.37. The van der Waals surface area contributed by atoms with E-state index in [9.17, 15) is 9.90 Å². The highest BCUT2D eigenvalue weighted by Gasteiger charge is 2.50. The van der Waals surface area contributed by atoms with Gasteiger partial charge in [-0.05, 0) is 37.0 Å². The summed E-state index contributed by atoms with van der Waals surface area (Å²) in [4.78, 5) is 11.4. The summed E-state index contributed by atoms with van der Waals surface area (Å²) in [6.07, 6.45) is 1.06. The fourth-order valence-corrected chi connectivity index (χ4v) is 2.56. The second kappa shape index (κ2) is 3.86. The van der Waals surface area contributed by atoms with Crippen molar-refractivity contribution in [3.05, 3.63) is 33.8 Å². The molecule has 0 atom stereocenters. The van der Waals surface area contributed by atoms with Gasteiger partial charge in [0.1, 0.15) is 0 Å². The Morgan fingerprint density at radius 1 is 1.56 bits per heavy atom. The van der Waals surface area contributed by atoms with Crippen LogP contribution in [-0.2, 0) is 10.2 Å². The van der Waals surface area contributed by atoms with Gasteiger partial charge in [0, 0.05) is 10.5 Å². The number of nitrogens with two attached hydrogens (primary N) is 1. The van der Waals surface area contributed by atoms with Crippen LogP contribution >= 0.6 is 15.9 Å². The molecule has 0 spiro atoms. The van der Waals surface area contributed by atoms with E-state index in [1.54, 1.807) is 0 Å². The van der Waals surface area contributed by atoms with E-state index in [1.165, 1.54) is 0 Å². The van der Waals surface area contributed by atoms with Crippen LogP contribution < -0.4 is 5.73 Å². The first kappa shape index (κ1) is 11.6. The summed E-state index contributed by atoms with van der Waals surface area (Å²) in [6.45, 7) is 1.96. The molecule has 0 unspecified atom stereocenters. The third-order valence-corrected chi connectivity index (χ3v) is 4.23. The molecule has 1 aliphatic carbocycles. The summed E-state index contributed by atoms with van der Waals surface area (Å²) in [5.41, 5.74) is 6.88. The molecule has 4 heteroatoms. The number of carbonyl (C=O) groups is 1. The van der Waals surface area contributed by atoms with E-state index in [2.05, 4.69) is 15.9 Å². The number of hydrogen-bond acceptors (Lipinski definition) is 2. The van der Waals surface area contributed by atoms with Crippen molar-refractivity contribution in [3.8, 4) is 0 Å². The van der Waals surface area contributed by atoms with Gasteiger partial charge >= 0.3 is 5.97 Å². The molecule has 0 aliphatic heterocycles. The molecule has 2 rings (SSSR count). The Labute approximate surface area is 103 Å². The molecule has 0 heterocycles. The number of halogens is 1. The Balaban J connectivity index is 2.41. The van der Waals surface area contributed by atoms with E-state index in [0.717, 1.165) is 15.6 Å². The van der Waals surface area contributed by atoms with Crippen LogP contribution in [0.25, 0.3) is 0 Å². The maximum absolute atomic E-state index is 11.4. The van der Waals surface area contributed by atoms with E-state index >= 15 is 0 Å². The zero-order valence-corrected chi connectivity index (χ0v) is 10.6. The van der Waals surface area contributed by atoms with Crippen LogP contribution in [0, 0.1) is 6.92 Å². The molecule has 1 saturated carbocycles. The highest BCUT2D eigenvalue weighted by Crippen LogP contribution is 2.44. The minimum atomic E-state index is -0.768. The normalized spacial score (nSPS) is 28.6. The number of hydrogen-bond donors (Lipinski definition) is 2. The summed E-state index contributed by atoms with van der Waals surface area (Å²) in [7, 11) is 0. The number of aryl methyl sites for hydroxylation is 1. The number of benzene rings is 1. The second-order valence-electron chi connectivity index (χ2n) is 4.52. The third-order valence-electron chi connectivity index (χ3n) is 3.34. The van der Waals surface area contributed by atoms with Crippen molar-refractivity contribution in [2.24, 2.45) is 5.73 Å². The standard InChI is InChI=1S/C12H14BrNO2/c1-7-4-8(2-3-10(7)13)12(11(15)16)5-9(14)6-12/h2-4,9H,5-6,14H2,1H3,(H,15,16). The van der Waals surface area contributed by atoms with Crippen LogP contribution in [0.15, 0.2) is 22.7 Å². The fraction of sp³-hybridized carbons (Fsp3) is 0.417. The number of rotatable bonds is 2. The molecule has 16 heavy (non-hydrogen) atoms. The smallest absolute Gasteiger partial charge is 0.314 e. The van der Waals surface area contributed by atoms with Gasteiger partial charge in [-0.25, -0.2) is 0 Å². The largest absolute Gasteiger partial charge is 0.481 e. The Kier molecular flexibility index (Phi) is 2.80. The van der Waals surface area contributed by atoms with Gasteiger partial charge in [0.05, 0.1) is 5.41 Å². The summed E-state index contributed by atoms with van der Waals surface area (Å²) in [5.74, 6) is -0.768. The molecule has 0 aromatic heterocycles. The summed E-state index contributed by atoms with van der Waals surface area (Å²) < 4.78 is 1.00. The van der Waals surface area contributed by atoms with Crippen LogP contribution in [0.4, 0.5) is 0 Å². The lowest BCUT2D eigenvalue weighted by molar-refractivity contribution is -0.148. The molecule has 1 aromatic rings. The van der Waals surface area contributed by atoms with Crippen molar-refractivity contribution >= 4 is 21.9 Å². The molecular weight excluding hydrogens is 270 g/mol. The van der Waals surface area contributed by atoms with Crippen molar-refractivity contribution in [2.75, 3.05) is 0 Å². The fourth-order valence-electron chi connectivity index (χ4n) is 2.31. The van der Waals surface area contributed by atoms with Gasteiger partial charge in [-0.15, -0.1) is 0 Å². The lowest BCUT2D eigenvalue weighted by atomic mass is 9.62. The summed E-state index contributed by atoms with van der Waals surface area (Å²) in [5, 5.41) is 9.35. The van der Waals surface area contributed by atoms with Crippen molar-refractivity contribution in [1.82, 2.24) is 0 Å². The van der Waals surface area contributed by atoms with Gasteiger partial charge in [0.2, 0.25) is 0 Å². The average Bonchev–Trinajstić information content (AvgIpc) is 2.17. The van der Waals surface area contributed by atoms with E-state index in [4.69, 9.17) is 5.73 Å². The van der Waals surface area contributed by atoms with Crippen molar-refractivity contribution < 1.29 is 9.90 Å². The Morgan fingerprint density at radius 2 is 2.19 bits per heavy atom. The molecule has 0 bridgehead atoms. The molecule has 0 radical (unpaired) electrons. The predicted octanol–water partition coefficient (Wildman–Crippen LogP) is 2.20. The highest BCUT2D eigenvalue weighted by molar-refractivity contribution is 9.10. The van der Waals surface area contributed by atoms with Crippen LogP contribution in [0.3, 0.4) is 0 Å². The van der Waals surface area contributed by atoms with Crippen LogP contribution in [-0.4, -0.2) is 17.1 Å². The Hall–Kier alpha value is -0.870. The Bertz CT molecular complexity index is 439. The number of carboxylic acid groups (broad SMARTS) is 1. The molecule has 0 amide bonds. The van der Waals surface area contributed by atoms with Gasteiger partial charge in [0.15, 0.2) is 0 Å². The molecule has 0 saturated heterocycles. The predicted molar refractivity (Wildman–Crippen MR) is 65.4 cm³/mol. The van der Waals surface area contributed by atoms with Crippen molar-refractivity contribution in [3.63, 3.8) is 0 Å². The van der Waals surface area contributed by atoms with E-state index < -0.39 is 11.4 Å². The van der Waals surface area contributed by atoms with Gasteiger partial charge in [-0.2, -0.15) is 0 Å². The molecule has 3 nitrogen and oxygen atoms in total. The molecular formula is C12H14BrNO2. The topological polar surface area (TPSA) is 63.3 Å². The van der Waals surface area contributed by atoms with Gasteiger partial charge in [0.25, 0.3) is 0 Å². The lowest BCUT2D eigenvalue weighted by Gasteiger charge is -2.43. The SMILES string of the molecule is Cc1cc(C2(C(=O)O)CC(N)C2)ccc1Br. The molecule has 1 aliphatic rings. The zero-order chi connectivity index (χ0) is 11.9. The van der Waals surface area contributed by atoms with Crippen molar-refractivity contribution in [2.45, 2.75) is 31.2 Å². The van der Waals surface area contributed by atoms with E-state index in [1.807, 2.05) is 25.1 Å². The minimum Gasteiger partial charge on any atom is -0.481 e. The average molecular weight is 284 g/mol. The first-order chi connectivity index (χ1) is 7.45. The molecule has 1 fully saturated rings.